The molecular weight excluding hydrogens is 202 g/mol. The van der Waals surface area contributed by atoms with Gasteiger partial charge in [0.15, 0.2) is 5.82 Å². The smallest absolute Gasteiger partial charge is 0.225 e. The van der Waals surface area contributed by atoms with Crippen LogP contribution in [0.15, 0.2) is 12.4 Å². The Labute approximate surface area is 87.7 Å². The van der Waals surface area contributed by atoms with E-state index in [1.54, 1.807) is 0 Å². The van der Waals surface area contributed by atoms with Crippen molar-refractivity contribution in [1.29, 1.82) is 0 Å². The first-order valence-corrected chi connectivity index (χ1v) is 4.87. The molecule has 0 bridgehead atoms. The van der Waals surface area contributed by atoms with Crippen LogP contribution in [0.1, 0.15) is 26.2 Å². The number of carbonyl (C=O) groups is 1. The van der Waals surface area contributed by atoms with E-state index >= 15 is 0 Å². The van der Waals surface area contributed by atoms with E-state index in [1.165, 1.54) is 12.4 Å². The van der Waals surface area contributed by atoms with E-state index in [-0.39, 0.29) is 5.91 Å². The van der Waals surface area contributed by atoms with Crippen LogP contribution in [0.25, 0.3) is 0 Å². The Bertz CT molecular complexity index is 299. The first-order valence-electron chi connectivity index (χ1n) is 4.49. The monoisotopic (exact) mass is 213 g/mol. The van der Waals surface area contributed by atoms with Crippen LogP contribution in [0.3, 0.4) is 0 Å². The third-order valence-electron chi connectivity index (χ3n) is 1.65. The van der Waals surface area contributed by atoms with Crippen molar-refractivity contribution >= 4 is 23.3 Å². The van der Waals surface area contributed by atoms with Gasteiger partial charge in [-0.2, -0.15) is 0 Å². The van der Waals surface area contributed by atoms with E-state index in [0.29, 0.717) is 17.4 Å². The quantitative estimate of drug-likeness (QED) is 0.835. The van der Waals surface area contributed by atoms with Gasteiger partial charge in [0.2, 0.25) is 5.91 Å². The van der Waals surface area contributed by atoms with Crippen LogP contribution >= 0.6 is 11.6 Å². The second kappa shape index (κ2) is 5.54. The number of anilines is 1. The molecule has 1 aromatic heterocycles. The van der Waals surface area contributed by atoms with E-state index in [4.69, 9.17) is 11.6 Å². The van der Waals surface area contributed by atoms with Crippen molar-refractivity contribution in [3.05, 3.63) is 17.5 Å². The summed E-state index contributed by atoms with van der Waals surface area (Å²) in [5.41, 5.74) is 0. The summed E-state index contributed by atoms with van der Waals surface area (Å²) in [5.74, 6) is 0.402. The first-order chi connectivity index (χ1) is 6.72. The topological polar surface area (TPSA) is 54.9 Å². The van der Waals surface area contributed by atoms with Crippen LogP contribution in [0.2, 0.25) is 5.15 Å². The molecule has 0 aliphatic heterocycles. The Morgan fingerprint density at radius 1 is 1.50 bits per heavy atom. The lowest BCUT2D eigenvalue weighted by Crippen LogP contribution is -2.12. The van der Waals surface area contributed by atoms with E-state index in [0.717, 1.165) is 12.8 Å². The van der Waals surface area contributed by atoms with Gasteiger partial charge in [-0.1, -0.05) is 24.9 Å². The summed E-state index contributed by atoms with van der Waals surface area (Å²) in [4.78, 5) is 18.9. The van der Waals surface area contributed by atoms with Crippen LogP contribution in [0.4, 0.5) is 5.82 Å². The zero-order valence-corrected chi connectivity index (χ0v) is 8.71. The third-order valence-corrected chi connectivity index (χ3v) is 1.84. The van der Waals surface area contributed by atoms with Crippen molar-refractivity contribution in [2.75, 3.05) is 5.32 Å². The molecule has 0 fully saturated rings. The van der Waals surface area contributed by atoms with Crippen molar-refractivity contribution in [2.24, 2.45) is 0 Å². The van der Waals surface area contributed by atoms with Crippen LogP contribution in [-0.4, -0.2) is 15.9 Å². The van der Waals surface area contributed by atoms with Crippen LogP contribution in [0.5, 0.6) is 0 Å². The summed E-state index contributed by atoms with van der Waals surface area (Å²) in [6.45, 7) is 2.04. The summed E-state index contributed by atoms with van der Waals surface area (Å²) in [6.07, 6.45) is 5.23. The van der Waals surface area contributed by atoms with Gasteiger partial charge in [0.05, 0.1) is 12.4 Å². The number of nitrogens with zero attached hydrogens (tertiary/aromatic N) is 2. The Morgan fingerprint density at radius 2 is 2.29 bits per heavy atom. The fraction of sp³-hybridized carbons (Fsp3) is 0.444. The number of nitrogens with one attached hydrogen (secondary N) is 1. The molecule has 0 saturated heterocycles. The van der Waals surface area contributed by atoms with Gasteiger partial charge >= 0.3 is 0 Å². The predicted molar refractivity (Wildman–Crippen MR) is 55.2 cm³/mol. The highest BCUT2D eigenvalue weighted by molar-refractivity contribution is 6.29. The number of carbonyl (C=O) groups excluding carboxylic acids is 1. The number of rotatable bonds is 4. The summed E-state index contributed by atoms with van der Waals surface area (Å²) in [6, 6.07) is 0. The van der Waals surface area contributed by atoms with Crippen LogP contribution in [0, 0.1) is 0 Å². The fourth-order valence-corrected chi connectivity index (χ4v) is 1.02. The predicted octanol–water partition coefficient (Wildman–Crippen LogP) is 2.26. The van der Waals surface area contributed by atoms with Crippen LogP contribution < -0.4 is 5.32 Å². The maximum absolute atomic E-state index is 11.2. The molecule has 0 unspecified atom stereocenters. The van der Waals surface area contributed by atoms with Crippen molar-refractivity contribution in [1.82, 2.24) is 9.97 Å². The lowest BCUT2D eigenvalue weighted by Gasteiger charge is -2.02. The van der Waals surface area contributed by atoms with Crippen molar-refractivity contribution in [3.8, 4) is 0 Å². The fourth-order valence-electron chi connectivity index (χ4n) is 0.920. The number of unbranched alkanes of at least 4 members (excludes halogenated alkanes) is 1. The summed E-state index contributed by atoms with van der Waals surface area (Å²) in [5, 5.41) is 2.95. The van der Waals surface area contributed by atoms with Crippen molar-refractivity contribution in [3.63, 3.8) is 0 Å². The highest BCUT2D eigenvalue weighted by Crippen LogP contribution is 2.06. The molecule has 0 radical (unpaired) electrons. The molecule has 1 N–H and O–H groups in total. The molecule has 4 nitrogen and oxygen atoms in total. The van der Waals surface area contributed by atoms with Gasteiger partial charge < -0.3 is 5.32 Å². The van der Waals surface area contributed by atoms with Gasteiger partial charge in [0.1, 0.15) is 5.15 Å². The standard InChI is InChI=1S/C9H12ClN3O/c1-2-3-4-9(14)13-8-6-11-7(10)5-12-8/h5-6H,2-4H2,1H3,(H,12,13,14). The maximum atomic E-state index is 11.2. The number of hydrogen-bond acceptors (Lipinski definition) is 3. The average molecular weight is 214 g/mol. The summed E-state index contributed by atoms with van der Waals surface area (Å²) in [7, 11) is 0. The molecule has 0 saturated carbocycles. The number of amides is 1. The molecule has 1 rings (SSSR count). The molecule has 1 heterocycles. The van der Waals surface area contributed by atoms with Gasteiger partial charge in [-0.15, -0.1) is 0 Å². The minimum atomic E-state index is -0.0385. The third kappa shape index (κ3) is 3.70. The Morgan fingerprint density at radius 3 is 2.86 bits per heavy atom. The largest absolute Gasteiger partial charge is 0.309 e. The van der Waals surface area contributed by atoms with Gasteiger partial charge in [-0.3, -0.25) is 4.79 Å². The normalized spacial score (nSPS) is 9.86. The average Bonchev–Trinajstić information content (AvgIpc) is 2.18. The molecular formula is C9H12ClN3O. The Balaban J connectivity index is 2.44. The molecule has 76 valence electrons. The molecule has 0 atom stereocenters. The zero-order chi connectivity index (χ0) is 10.4. The van der Waals surface area contributed by atoms with Crippen molar-refractivity contribution < 1.29 is 4.79 Å². The molecule has 5 heteroatoms. The lowest BCUT2D eigenvalue weighted by atomic mass is 10.2. The molecule has 14 heavy (non-hydrogen) atoms. The van der Waals surface area contributed by atoms with E-state index in [9.17, 15) is 4.79 Å². The van der Waals surface area contributed by atoms with Gasteiger partial charge in [0, 0.05) is 6.42 Å². The number of aromatic nitrogens is 2. The second-order valence-electron chi connectivity index (χ2n) is 2.88. The lowest BCUT2D eigenvalue weighted by molar-refractivity contribution is -0.116. The molecule has 0 spiro atoms. The molecule has 1 amide bonds. The van der Waals surface area contributed by atoms with E-state index < -0.39 is 0 Å². The maximum Gasteiger partial charge on any atom is 0.225 e. The SMILES string of the molecule is CCCCC(=O)Nc1cnc(Cl)cn1. The first kappa shape index (κ1) is 10.9. The Kier molecular flexibility index (Phi) is 4.32. The van der Waals surface area contributed by atoms with Gasteiger partial charge in [0.25, 0.3) is 0 Å². The summed E-state index contributed by atoms with van der Waals surface area (Å²) < 4.78 is 0. The zero-order valence-electron chi connectivity index (χ0n) is 7.96. The molecule has 0 aromatic carbocycles. The van der Waals surface area contributed by atoms with Crippen molar-refractivity contribution in [2.45, 2.75) is 26.2 Å². The van der Waals surface area contributed by atoms with Gasteiger partial charge in [-0.05, 0) is 6.42 Å². The second-order valence-corrected chi connectivity index (χ2v) is 3.26. The Hall–Kier alpha value is -1.16. The minimum Gasteiger partial charge on any atom is -0.309 e. The summed E-state index contributed by atoms with van der Waals surface area (Å²) >= 11 is 5.55. The minimum absolute atomic E-state index is 0.0385. The van der Waals surface area contributed by atoms with Crippen LogP contribution in [-0.2, 0) is 4.79 Å². The van der Waals surface area contributed by atoms with Gasteiger partial charge in [-0.25, -0.2) is 9.97 Å². The molecule has 0 aliphatic carbocycles. The number of hydrogen-bond donors (Lipinski definition) is 1. The molecule has 1 aromatic rings. The highest BCUT2D eigenvalue weighted by Gasteiger charge is 2.02. The van der Waals surface area contributed by atoms with E-state index in [1.807, 2.05) is 6.92 Å². The highest BCUT2D eigenvalue weighted by atomic mass is 35.5. The number of halogens is 1. The molecule has 0 aliphatic rings. The van der Waals surface area contributed by atoms with E-state index in [2.05, 4.69) is 15.3 Å².